The van der Waals surface area contributed by atoms with Crippen LogP contribution in [-0.4, -0.2) is 45.8 Å². The molecule has 1 atom stereocenters. The van der Waals surface area contributed by atoms with Crippen molar-refractivity contribution in [2.75, 3.05) is 13.1 Å². The summed E-state index contributed by atoms with van der Waals surface area (Å²) in [4.78, 5) is 12.3. The number of thiol groups is 1. The van der Waals surface area contributed by atoms with Crippen LogP contribution in [0.25, 0.3) is 10.9 Å². The number of benzene rings is 2. The predicted molar refractivity (Wildman–Crippen MR) is 127 cm³/mol. The van der Waals surface area contributed by atoms with Crippen LogP contribution in [0.5, 0.6) is 5.75 Å². The monoisotopic (exact) mass is 448 g/mol. The third kappa shape index (κ3) is 6.73. The fraction of sp³-hybridized carbons (Fsp3) is 0.348. The SMILES string of the molecule is CC(C)Oc1ccc(S)cc1.Cc1ccc2c(C(=O)O)cn([C@@H]3CCNC3)c2c1.O.O. The Morgan fingerprint density at radius 1 is 1.19 bits per heavy atom. The van der Waals surface area contributed by atoms with Crippen LogP contribution in [0.3, 0.4) is 0 Å². The molecular weight excluding hydrogens is 416 g/mol. The minimum absolute atomic E-state index is 0. The van der Waals surface area contributed by atoms with Crippen molar-refractivity contribution in [3.05, 3.63) is 59.8 Å². The van der Waals surface area contributed by atoms with Crippen LogP contribution in [0.1, 0.15) is 42.2 Å². The van der Waals surface area contributed by atoms with Crippen molar-refractivity contribution in [3.63, 3.8) is 0 Å². The van der Waals surface area contributed by atoms with Gasteiger partial charge >= 0.3 is 5.97 Å². The lowest BCUT2D eigenvalue weighted by molar-refractivity contribution is 0.0698. The third-order valence-electron chi connectivity index (χ3n) is 4.86. The second kappa shape index (κ2) is 11.8. The maximum atomic E-state index is 11.3. The molecule has 0 amide bonds. The van der Waals surface area contributed by atoms with E-state index in [1.807, 2.05) is 57.2 Å². The molecule has 170 valence electrons. The van der Waals surface area contributed by atoms with Gasteiger partial charge in [-0.25, -0.2) is 4.79 Å². The lowest BCUT2D eigenvalue weighted by atomic mass is 10.1. The number of carboxylic acid groups (broad SMARTS) is 1. The number of aromatic nitrogens is 1. The fourth-order valence-corrected chi connectivity index (χ4v) is 3.66. The van der Waals surface area contributed by atoms with E-state index in [0.717, 1.165) is 46.6 Å². The third-order valence-corrected chi connectivity index (χ3v) is 5.15. The van der Waals surface area contributed by atoms with Gasteiger partial charge < -0.3 is 30.7 Å². The van der Waals surface area contributed by atoms with Crippen molar-refractivity contribution < 1.29 is 25.6 Å². The Labute approximate surface area is 188 Å². The zero-order chi connectivity index (χ0) is 21.0. The Morgan fingerprint density at radius 2 is 1.87 bits per heavy atom. The summed E-state index contributed by atoms with van der Waals surface area (Å²) in [6.07, 6.45) is 3.07. The van der Waals surface area contributed by atoms with Gasteiger partial charge in [-0.1, -0.05) is 12.1 Å². The molecule has 6 N–H and O–H groups in total. The van der Waals surface area contributed by atoms with Gasteiger partial charge in [0, 0.05) is 34.6 Å². The van der Waals surface area contributed by atoms with Crippen molar-refractivity contribution in [3.8, 4) is 5.75 Å². The van der Waals surface area contributed by atoms with Gasteiger partial charge in [-0.2, -0.15) is 0 Å². The maximum absolute atomic E-state index is 11.3. The van der Waals surface area contributed by atoms with Crippen LogP contribution in [0.15, 0.2) is 53.6 Å². The number of ether oxygens (including phenoxy) is 1. The van der Waals surface area contributed by atoms with Crippen molar-refractivity contribution in [2.24, 2.45) is 0 Å². The summed E-state index contributed by atoms with van der Waals surface area (Å²) in [6, 6.07) is 14.0. The van der Waals surface area contributed by atoms with Crippen LogP contribution in [-0.2, 0) is 0 Å². The van der Waals surface area contributed by atoms with E-state index in [0.29, 0.717) is 11.6 Å². The number of aryl methyl sites for hydroxylation is 1. The number of hydrogen-bond acceptors (Lipinski definition) is 4. The first-order chi connectivity index (χ1) is 13.8. The number of rotatable bonds is 4. The van der Waals surface area contributed by atoms with E-state index in [2.05, 4.69) is 28.6 Å². The van der Waals surface area contributed by atoms with E-state index < -0.39 is 5.97 Å². The first kappa shape index (κ1) is 26.5. The second-order valence-electron chi connectivity index (χ2n) is 7.58. The molecule has 1 aliphatic rings. The van der Waals surface area contributed by atoms with E-state index >= 15 is 0 Å². The summed E-state index contributed by atoms with van der Waals surface area (Å²) in [7, 11) is 0. The quantitative estimate of drug-likeness (QED) is 0.529. The molecule has 0 bridgehead atoms. The molecule has 0 radical (unpaired) electrons. The summed E-state index contributed by atoms with van der Waals surface area (Å²) < 4.78 is 7.55. The second-order valence-corrected chi connectivity index (χ2v) is 8.10. The summed E-state index contributed by atoms with van der Waals surface area (Å²) >= 11 is 4.17. The highest BCUT2D eigenvalue weighted by Gasteiger charge is 2.21. The first-order valence-electron chi connectivity index (χ1n) is 9.86. The lowest BCUT2D eigenvalue weighted by Crippen LogP contribution is -2.12. The summed E-state index contributed by atoms with van der Waals surface area (Å²) in [5.74, 6) is 0.0476. The minimum Gasteiger partial charge on any atom is -0.491 e. The fourth-order valence-electron chi connectivity index (χ4n) is 3.51. The van der Waals surface area contributed by atoms with Gasteiger partial charge in [0.1, 0.15) is 5.75 Å². The van der Waals surface area contributed by atoms with Crippen LogP contribution < -0.4 is 10.1 Å². The molecule has 1 aromatic heterocycles. The molecule has 3 aromatic rings. The van der Waals surface area contributed by atoms with E-state index in [1.165, 1.54) is 0 Å². The van der Waals surface area contributed by atoms with E-state index in [1.54, 1.807) is 6.20 Å². The van der Waals surface area contributed by atoms with Crippen molar-refractivity contribution in [1.82, 2.24) is 9.88 Å². The molecule has 2 heterocycles. The van der Waals surface area contributed by atoms with Crippen LogP contribution in [0.2, 0.25) is 0 Å². The zero-order valence-corrected chi connectivity index (χ0v) is 18.9. The van der Waals surface area contributed by atoms with E-state index in [-0.39, 0.29) is 17.1 Å². The summed E-state index contributed by atoms with van der Waals surface area (Å²) in [5, 5.41) is 13.4. The van der Waals surface area contributed by atoms with Crippen LogP contribution in [0, 0.1) is 6.92 Å². The first-order valence-corrected chi connectivity index (χ1v) is 10.3. The summed E-state index contributed by atoms with van der Waals surface area (Å²) in [5.41, 5.74) is 2.59. The zero-order valence-electron chi connectivity index (χ0n) is 18.1. The van der Waals surface area contributed by atoms with Gasteiger partial charge in [-0.05, 0) is 69.6 Å². The van der Waals surface area contributed by atoms with E-state index in [4.69, 9.17) is 4.74 Å². The van der Waals surface area contributed by atoms with Gasteiger partial charge in [0.25, 0.3) is 0 Å². The number of nitrogens with zero attached hydrogens (tertiary/aromatic N) is 1. The number of hydrogen-bond donors (Lipinski definition) is 3. The van der Waals surface area contributed by atoms with E-state index in [9.17, 15) is 9.90 Å². The molecule has 4 rings (SSSR count). The molecule has 8 heteroatoms. The molecule has 1 saturated heterocycles. The highest BCUT2D eigenvalue weighted by Crippen LogP contribution is 2.28. The Morgan fingerprint density at radius 3 is 2.42 bits per heavy atom. The molecule has 31 heavy (non-hydrogen) atoms. The predicted octanol–water partition coefficient (Wildman–Crippen LogP) is 3.30. The lowest BCUT2D eigenvalue weighted by Gasteiger charge is -2.12. The van der Waals surface area contributed by atoms with Gasteiger partial charge in [-0.15, -0.1) is 12.6 Å². The van der Waals surface area contributed by atoms with Gasteiger partial charge in [0.15, 0.2) is 0 Å². The number of carbonyl (C=O) groups is 1. The van der Waals surface area contributed by atoms with Gasteiger partial charge in [0.05, 0.1) is 11.7 Å². The molecule has 0 saturated carbocycles. The van der Waals surface area contributed by atoms with Crippen molar-refractivity contribution in [1.29, 1.82) is 0 Å². The van der Waals surface area contributed by atoms with Crippen molar-refractivity contribution in [2.45, 2.75) is 44.2 Å². The Bertz CT molecular complexity index is 980. The highest BCUT2D eigenvalue weighted by atomic mass is 32.1. The largest absolute Gasteiger partial charge is 0.491 e. The van der Waals surface area contributed by atoms with Crippen molar-refractivity contribution >= 4 is 29.5 Å². The Hall–Kier alpha value is -2.52. The average Bonchev–Trinajstić information content (AvgIpc) is 3.31. The Balaban J connectivity index is 0.000000324. The molecule has 1 fully saturated rings. The maximum Gasteiger partial charge on any atom is 0.337 e. The summed E-state index contributed by atoms with van der Waals surface area (Å²) in [6.45, 7) is 7.96. The highest BCUT2D eigenvalue weighted by molar-refractivity contribution is 7.80. The number of nitrogens with one attached hydrogen (secondary N) is 1. The number of fused-ring (bicyclic) bond motifs is 1. The molecule has 0 spiro atoms. The van der Waals surface area contributed by atoms with Crippen LogP contribution in [0.4, 0.5) is 0 Å². The number of aromatic carboxylic acids is 1. The van der Waals surface area contributed by atoms with Crippen LogP contribution >= 0.6 is 12.6 Å². The minimum atomic E-state index is -0.853. The molecule has 2 aromatic carbocycles. The van der Waals surface area contributed by atoms with Gasteiger partial charge in [-0.3, -0.25) is 0 Å². The topological polar surface area (TPSA) is 126 Å². The molecular formula is C23H32N2O5S. The standard InChI is InChI=1S/C14H16N2O2.C9H12OS.2H2O/c1-9-2-3-11-12(14(17)18)8-16(13(11)6-9)10-4-5-15-7-10;1-7(2)10-8-3-5-9(11)6-4-8;;/h2-3,6,8,10,15H,4-5,7H2,1H3,(H,17,18);3-7,11H,1-2H3;2*1H2/t10-;;;/m1.../s1. The molecule has 7 nitrogen and oxygen atoms in total. The average molecular weight is 449 g/mol. The normalized spacial score (nSPS) is 14.9. The molecule has 0 unspecified atom stereocenters. The molecule has 0 aliphatic carbocycles. The molecule has 1 aliphatic heterocycles. The Kier molecular flexibility index (Phi) is 10.1. The van der Waals surface area contributed by atoms with Gasteiger partial charge in [0.2, 0.25) is 0 Å². The number of carboxylic acids is 1. The smallest absolute Gasteiger partial charge is 0.337 e.